The van der Waals surface area contributed by atoms with Gasteiger partial charge in [-0.1, -0.05) is 67.8 Å². The van der Waals surface area contributed by atoms with Crippen LogP contribution < -0.4 is 5.32 Å². The van der Waals surface area contributed by atoms with Gasteiger partial charge < -0.3 is 19.9 Å². The second-order valence-corrected chi connectivity index (χ2v) is 13.1. The third-order valence-corrected chi connectivity index (χ3v) is 8.70. The van der Waals surface area contributed by atoms with Crippen LogP contribution >= 0.6 is 0 Å². The Morgan fingerprint density at radius 1 is 1.00 bits per heavy atom. The molecule has 2 aliphatic rings. The zero-order valence-electron chi connectivity index (χ0n) is 27.2. The molecule has 9 nitrogen and oxygen atoms in total. The maximum Gasteiger partial charge on any atom is 0.407 e. The Balaban J connectivity index is 1.43. The summed E-state index contributed by atoms with van der Waals surface area (Å²) in [6.45, 7) is 10.7. The van der Waals surface area contributed by atoms with Gasteiger partial charge in [-0.15, -0.1) is 0 Å². The van der Waals surface area contributed by atoms with E-state index in [1.54, 1.807) is 4.90 Å². The van der Waals surface area contributed by atoms with Crippen molar-refractivity contribution in [3.05, 3.63) is 65.7 Å². The van der Waals surface area contributed by atoms with Gasteiger partial charge in [0.05, 0.1) is 23.3 Å². The molecule has 0 spiro atoms. The van der Waals surface area contributed by atoms with Crippen molar-refractivity contribution in [3.8, 4) is 11.3 Å². The number of ether oxygens (including phenoxy) is 1. The first-order valence-electron chi connectivity index (χ1n) is 16.4. The van der Waals surface area contributed by atoms with E-state index in [9.17, 15) is 14.4 Å². The van der Waals surface area contributed by atoms with E-state index in [4.69, 9.17) is 9.72 Å². The van der Waals surface area contributed by atoms with Gasteiger partial charge in [-0.25, -0.2) is 9.78 Å². The number of benzene rings is 2. The van der Waals surface area contributed by atoms with Crippen LogP contribution in [-0.2, 0) is 16.1 Å². The van der Waals surface area contributed by atoms with Crippen LogP contribution in [0.2, 0.25) is 0 Å². The number of fused-ring (bicyclic) bond motifs is 1. The van der Waals surface area contributed by atoms with Crippen molar-refractivity contribution in [3.63, 3.8) is 0 Å². The fraction of sp³-hybridized carbons (Fsp3) is 0.500. The quantitative estimate of drug-likeness (QED) is 0.325. The lowest BCUT2D eigenvalue weighted by molar-refractivity contribution is -0.136. The number of nitrogens with one attached hydrogen (secondary N) is 1. The van der Waals surface area contributed by atoms with Crippen molar-refractivity contribution in [1.82, 2.24) is 25.0 Å². The van der Waals surface area contributed by atoms with Gasteiger partial charge in [-0.3, -0.25) is 14.5 Å². The summed E-state index contributed by atoms with van der Waals surface area (Å²) < 4.78 is 5.31. The second kappa shape index (κ2) is 14.4. The number of carbonyl (C=O) groups is 3. The molecule has 0 radical (unpaired) electrons. The highest BCUT2D eigenvalue weighted by Gasteiger charge is 2.32. The Bertz CT molecular complexity index is 1500. The Hall–Kier alpha value is -3.98. The number of nitrogens with zero attached hydrogens (tertiary/aromatic N) is 4. The standard InChI is InChI=1S/C36H47N5O4/c1-5-41(27-16-10-7-11-17-27)34(43)32-28-18-12-13-19-30(28)38-33(26-14-8-6-9-15-26)29(32)24-39-22-23-40(31(42)25-39)21-20-37-35(44)45-36(2,3)4/h6,8-9,12-15,18-19,27H,5,7,10-11,16-17,20-25H2,1-4H3,(H,37,44). The van der Waals surface area contributed by atoms with Crippen molar-refractivity contribution in [2.45, 2.75) is 78.0 Å². The number of carbonyl (C=O) groups excluding carboxylic acids is 3. The topological polar surface area (TPSA) is 95.1 Å². The van der Waals surface area contributed by atoms with Crippen LogP contribution in [0, 0.1) is 0 Å². The molecule has 1 aliphatic carbocycles. The molecule has 1 saturated heterocycles. The molecule has 9 heteroatoms. The van der Waals surface area contributed by atoms with Crippen LogP contribution in [0.4, 0.5) is 4.79 Å². The number of alkyl carbamates (subject to hydrolysis) is 1. The molecular weight excluding hydrogens is 566 g/mol. The molecule has 0 atom stereocenters. The van der Waals surface area contributed by atoms with E-state index < -0.39 is 11.7 Å². The zero-order valence-corrected chi connectivity index (χ0v) is 27.2. The molecule has 0 unspecified atom stereocenters. The zero-order chi connectivity index (χ0) is 32.0. The number of aromatic nitrogens is 1. The molecule has 45 heavy (non-hydrogen) atoms. The Morgan fingerprint density at radius 3 is 2.40 bits per heavy atom. The summed E-state index contributed by atoms with van der Waals surface area (Å²) in [6.07, 6.45) is 5.09. The van der Waals surface area contributed by atoms with E-state index >= 15 is 0 Å². The molecule has 3 aromatic rings. The third-order valence-electron chi connectivity index (χ3n) is 8.70. The second-order valence-electron chi connectivity index (χ2n) is 13.1. The Labute approximate surface area is 266 Å². The molecule has 2 fully saturated rings. The first-order chi connectivity index (χ1) is 21.6. The van der Waals surface area contributed by atoms with E-state index in [1.807, 2.05) is 75.4 Å². The lowest BCUT2D eigenvalue weighted by atomic mass is 9.91. The van der Waals surface area contributed by atoms with E-state index in [2.05, 4.69) is 22.0 Å². The number of pyridine rings is 1. The number of amides is 3. The van der Waals surface area contributed by atoms with Crippen molar-refractivity contribution in [2.24, 2.45) is 0 Å². The summed E-state index contributed by atoms with van der Waals surface area (Å²) in [5.74, 6) is 0.0425. The lowest BCUT2D eigenvalue weighted by Crippen LogP contribution is -2.52. The van der Waals surface area contributed by atoms with E-state index in [1.165, 1.54) is 6.42 Å². The van der Waals surface area contributed by atoms with Crippen molar-refractivity contribution in [2.75, 3.05) is 39.3 Å². The average Bonchev–Trinajstić information content (AvgIpc) is 3.02. The smallest absolute Gasteiger partial charge is 0.407 e. The highest BCUT2D eigenvalue weighted by Crippen LogP contribution is 2.34. The SMILES string of the molecule is CCN(C(=O)c1c(CN2CCN(CCNC(=O)OC(C)(C)C)C(=O)C2)c(-c2ccccc2)nc2ccccc12)C1CCCCC1. The van der Waals surface area contributed by atoms with E-state index in [0.29, 0.717) is 44.8 Å². The van der Waals surface area contributed by atoms with Crippen molar-refractivity contribution >= 4 is 28.8 Å². The van der Waals surface area contributed by atoms with Gasteiger partial charge in [-0.05, 0) is 46.6 Å². The van der Waals surface area contributed by atoms with Crippen LogP contribution in [0.5, 0.6) is 0 Å². The molecule has 2 heterocycles. The van der Waals surface area contributed by atoms with E-state index in [-0.39, 0.29) is 24.4 Å². The number of hydrogen-bond donors (Lipinski definition) is 1. The third kappa shape index (κ3) is 8.00. The number of para-hydroxylation sites is 1. The lowest BCUT2D eigenvalue weighted by Gasteiger charge is -2.36. The van der Waals surface area contributed by atoms with Gasteiger partial charge in [0.1, 0.15) is 5.60 Å². The maximum atomic E-state index is 14.7. The predicted molar refractivity (Wildman–Crippen MR) is 177 cm³/mol. The molecule has 1 N–H and O–H groups in total. The summed E-state index contributed by atoms with van der Waals surface area (Å²) in [5, 5.41) is 3.60. The van der Waals surface area contributed by atoms with Crippen molar-refractivity contribution < 1.29 is 19.1 Å². The van der Waals surface area contributed by atoms with Crippen LogP contribution in [0.25, 0.3) is 22.2 Å². The fourth-order valence-electron chi connectivity index (χ4n) is 6.55. The summed E-state index contributed by atoms with van der Waals surface area (Å²) in [7, 11) is 0. The van der Waals surface area contributed by atoms with Crippen LogP contribution in [0.15, 0.2) is 54.6 Å². The summed E-state index contributed by atoms with van der Waals surface area (Å²) >= 11 is 0. The highest BCUT2D eigenvalue weighted by molar-refractivity contribution is 6.09. The van der Waals surface area contributed by atoms with Crippen molar-refractivity contribution in [1.29, 1.82) is 0 Å². The highest BCUT2D eigenvalue weighted by atomic mass is 16.6. The van der Waals surface area contributed by atoms with E-state index in [0.717, 1.165) is 53.4 Å². The van der Waals surface area contributed by atoms with Gasteiger partial charge in [0.15, 0.2) is 0 Å². The number of hydrogen-bond acceptors (Lipinski definition) is 6. The summed E-state index contributed by atoms with van der Waals surface area (Å²) in [5.41, 5.74) is 3.52. The minimum Gasteiger partial charge on any atom is -0.444 e. The molecule has 1 aromatic heterocycles. The normalized spacial score (nSPS) is 16.5. The van der Waals surface area contributed by atoms with Gasteiger partial charge in [-0.2, -0.15) is 0 Å². The molecule has 5 rings (SSSR count). The molecule has 1 saturated carbocycles. The largest absolute Gasteiger partial charge is 0.444 e. The van der Waals surface area contributed by atoms with Gasteiger partial charge >= 0.3 is 6.09 Å². The number of rotatable bonds is 9. The molecule has 0 bridgehead atoms. The van der Waals surface area contributed by atoms with Crippen LogP contribution in [-0.4, -0.2) is 88.5 Å². The minimum absolute atomic E-state index is 0.00693. The average molecular weight is 614 g/mol. The number of piperazine rings is 1. The first-order valence-corrected chi connectivity index (χ1v) is 16.4. The predicted octanol–water partition coefficient (Wildman–Crippen LogP) is 5.87. The minimum atomic E-state index is -0.577. The van der Waals surface area contributed by atoms with Gasteiger partial charge in [0.25, 0.3) is 5.91 Å². The molecule has 3 amide bonds. The summed E-state index contributed by atoms with van der Waals surface area (Å²) in [6, 6.07) is 18.2. The first kappa shape index (κ1) is 32.4. The molecule has 1 aliphatic heterocycles. The molecule has 2 aromatic carbocycles. The Kier molecular flexibility index (Phi) is 10.4. The van der Waals surface area contributed by atoms with Crippen LogP contribution in [0.3, 0.4) is 0 Å². The van der Waals surface area contributed by atoms with Gasteiger partial charge in [0, 0.05) is 61.8 Å². The summed E-state index contributed by atoms with van der Waals surface area (Å²) in [4.78, 5) is 51.1. The Morgan fingerprint density at radius 2 is 1.71 bits per heavy atom. The van der Waals surface area contributed by atoms with Crippen LogP contribution in [0.1, 0.15) is 75.7 Å². The fourth-order valence-corrected chi connectivity index (χ4v) is 6.55. The monoisotopic (exact) mass is 613 g/mol. The van der Waals surface area contributed by atoms with Gasteiger partial charge in [0.2, 0.25) is 5.91 Å². The molecular formula is C36H47N5O4. The maximum absolute atomic E-state index is 14.7. The molecule has 240 valence electrons.